The molecule has 0 atom stereocenters. The predicted molar refractivity (Wildman–Crippen MR) is 8.72 cm³/mol. The van der Waals surface area contributed by atoms with Crippen molar-refractivity contribution in [3.63, 3.8) is 0 Å². The van der Waals surface area contributed by atoms with Gasteiger partial charge in [0.05, 0.1) is 0 Å². The van der Waals surface area contributed by atoms with Crippen LogP contribution in [0.15, 0.2) is 0 Å². The Morgan fingerprint density at radius 3 is 1.20 bits per heavy atom. The minimum atomic E-state index is -5.12. The van der Waals surface area contributed by atoms with Crippen molar-refractivity contribution in [2.45, 2.75) is 0 Å². The molecule has 0 aromatic carbocycles. The maximum absolute atomic E-state index is 8.94. The van der Waals surface area contributed by atoms with Crippen molar-refractivity contribution in [3.8, 4) is 0 Å². The molecular formula is H3NaO7V2. The van der Waals surface area contributed by atoms with Crippen LogP contribution in [0.1, 0.15) is 0 Å². The zero-order valence-electron chi connectivity index (χ0n) is 4.87. The molecule has 0 bridgehead atoms. The van der Waals surface area contributed by atoms with Crippen LogP contribution in [-0.2, 0) is 41.4 Å². The first-order chi connectivity index (χ1) is 3.73. The molecule has 0 heterocycles. The van der Waals surface area contributed by atoms with Crippen molar-refractivity contribution in [1.82, 2.24) is 0 Å². The molecular weight excluding hydrogens is 237 g/mol. The molecule has 0 rings (SSSR count). The summed E-state index contributed by atoms with van der Waals surface area (Å²) in [4.78, 5) is 0. The SMILES string of the molecule is [Na+].[O]=[V](=[O])[O-].[O]=[V]([OH])([OH])[OH]. The van der Waals surface area contributed by atoms with E-state index in [1.165, 1.54) is 0 Å². The van der Waals surface area contributed by atoms with Crippen molar-refractivity contribution in [1.29, 1.82) is 0 Å². The van der Waals surface area contributed by atoms with Gasteiger partial charge in [-0.2, -0.15) is 0 Å². The molecule has 0 spiro atoms. The normalized spacial score (nSPS) is 8.40. The quantitative estimate of drug-likeness (QED) is 0.358. The number of hydrogen-bond donors (Lipinski definition) is 3. The van der Waals surface area contributed by atoms with E-state index in [1.54, 1.807) is 0 Å². The van der Waals surface area contributed by atoms with Gasteiger partial charge in [-0.3, -0.25) is 0 Å². The van der Waals surface area contributed by atoms with Gasteiger partial charge >= 0.3 is 87.1 Å². The molecule has 10 heavy (non-hydrogen) atoms. The van der Waals surface area contributed by atoms with Gasteiger partial charge in [-0.1, -0.05) is 0 Å². The Morgan fingerprint density at radius 1 is 1.20 bits per heavy atom. The van der Waals surface area contributed by atoms with Crippen LogP contribution in [0.4, 0.5) is 0 Å². The summed E-state index contributed by atoms with van der Waals surface area (Å²) in [7, 11) is 0. The fraction of sp³-hybridized carbons (Fsp3) is 0. The van der Waals surface area contributed by atoms with Gasteiger partial charge in [-0.05, 0) is 0 Å². The van der Waals surface area contributed by atoms with E-state index in [2.05, 4.69) is 0 Å². The molecule has 0 radical (unpaired) electrons. The molecule has 0 fully saturated rings. The average Bonchev–Trinajstić information content (AvgIpc) is 1.19. The third-order valence-electron chi connectivity index (χ3n) is 0. The van der Waals surface area contributed by atoms with E-state index in [1.807, 2.05) is 0 Å². The van der Waals surface area contributed by atoms with E-state index in [4.69, 9.17) is 27.1 Å². The molecule has 7 nitrogen and oxygen atoms in total. The summed E-state index contributed by atoms with van der Waals surface area (Å²) in [6.45, 7) is 0. The molecule has 0 saturated carbocycles. The molecule has 0 aromatic heterocycles. The van der Waals surface area contributed by atoms with Crippen molar-refractivity contribution < 1.29 is 87.1 Å². The molecule has 0 aliphatic rings. The van der Waals surface area contributed by atoms with E-state index in [0.29, 0.717) is 0 Å². The van der Waals surface area contributed by atoms with E-state index in [0.717, 1.165) is 0 Å². The van der Waals surface area contributed by atoms with E-state index >= 15 is 0 Å². The van der Waals surface area contributed by atoms with Gasteiger partial charge < -0.3 is 0 Å². The van der Waals surface area contributed by atoms with Crippen molar-refractivity contribution >= 4 is 0 Å². The van der Waals surface area contributed by atoms with Gasteiger partial charge in [0.15, 0.2) is 0 Å². The Hall–Kier alpha value is 1.41. The number of rotatable bonds is 0. The molecule has 0 aromatic rings. The molecule has 0 unspecified atom stereocenters. The van der Waals surface area contributed by atoms with Crippen LogP contribution >= 0.6 is 0 Å². The fourth-order valence-electron chi connectivity index (χ4n) is 0. The van der Waals surface area contributed by atoms with Crippen LogP contribution in [0, 0.1) is 0 Å². The Bertz CT molecular complexity index is 146. The van der Waals surface area contributed by atoms with E-state index < -0.39 is 30.4 Å². The third kappa shape index (κ3) is 335. The van der Waals surface area contributed by atoms with Gasteiger partial charge in [-0.25, -0.2) is 0 Å². The van der Waals surface area contributed by atoms with Crippen LogP contribution in [0.2, 0.25) is 0 Å². The van der Waals surface area contributed by atoms with Crippen LogP contribution in [0.3, 0.4) is 0 Å². The Morgan fingerprint density at radius 2 is 1.20 bits per heavy atom. The zero-order chi connectivity index (χ0) is 8.08. The van der Waals surface area contributed by atoms with Crippen LogP contribution < -0.4 is 33.6 Å². The summed E-state index contributed by atoms with van der Waals surface area (Å²) in [6.07, 6.45) is 0. The van der Waals surface area contributed by atoms with Crippen molar-refractivity contribution in [2.75, 3.05) is 0 Å². The molecule has 0 amide bonds. The van der Waals surface area contributed by atoms with E-state index in [9.17, 15) is 0 Å². The first kappa shape index (κ1) is 17.5. The summed E-state index contributed by atoms with van der Waals surface area (Å²) in [5.74, 6) is 0. The molecule has 10 heteroatoms. The molecule has 0 aliphatic carbocycles. The Kier molecular flexibility index (Phi) is 14.9. The minimum absolute atomic E-state index is 0. The van der Waals surface area contributed by atoms with E-state index in [-0.39, 0.29) is 29.6 Å². The summed E-state index contributed by atoms with van der Waals surface area (Å²) in [6, 6.07) is 0. The second-order valence-electron chi connectivity index (χ2n) is 0.737. The second-order valence-corrected chi connectivity index (χ2v) is 3.04. The van der Waals surface area contributed by atoms with Crippen molar-refractivity contribution in [3.05, 3.63) is 0 Å². The van der Waals surface area contributed by atoms with Crippen LogP contribution in [0.5, 0.6) is 0 Å². The van der Waals surface area contributed by atoms with Gasteiger partial charge in [0, 0.05) is 0 Å². The van der Waals surface area contributed by atoms with Gasteiger partial charge in [0.25, 0.3) is 0 Å². The number of hydrogen-bond acceptors (Lipinski definition) is 4. The average molecular weight is 240 g/mol. The summed E-state index contributed by atoms with van der Waals surface area (Å²) >= 11 is -9.06. The van der Waals surface area contributed by atoms with Gasteiger partial charge in [0.2, 0.25) is 0 Å². The summed E-state index contributed by atoms with van der Waals surface area (Å²) < 4.78 is 56.4. The standard InChI is InChI=1S/Na.3H2O.4O.2V/h;3*1H2;;;;;;/q+1;;;;;;;-1;;+3/p-3. The summed E-state index contributed by atoms with van der Waals surface area (Å²) in [5.41, 5.74) is 0. The maximum atomic E-state index is 8.94. The van der Waals surface area contributed by atoms with Crippen LogP contribution in [0.25, 0.3) is 0 Å². The first-order valence-electron chi connectivity index (χ1n) is 1.33. The van der Waals surface area contributed by atoms with Crippen molar-refractivity contribution in [2.24, 2.45) is 0 Å². The monoisotopic (exact) mass is 240 g/mol. The summed E-state index contributed by atoms with van der Waals surface area (Å²) in [5, 5.41) is 0. The Balaban J connectivity index is -0.0000000910. The molecule has 56 valence electrons. The Labute approximate surface area is 86.3 Å². The van der Waals surface area contributed by atoms with Crippen LogP contribution in [-0.4, -0.2) is 12.1 Å². The fourth-order valence-corrected chi connectivity index (χ4v) is 0. The molecule has 3 N–H and O–H groups in total. The zero-order valence-corrected chi connectivity index (χ0v) is 9.66. The topological polar surface area (TPSA) is 135 Å². The molecule has 0 aliphatic heterocycles. The van der Waals surface area contributed by atoms with Gasteiger partial charge in [0.1, 0.15) is 0 Å². The first-order valence-corrected chi connectivity index (χ1v) is 5.48. The second kappa shape index (κ2) is 8.50. The predicted octanol–water partition coefficient (Wildman–Crippen LogP) is -6.22. The third-order valence-corrected chi connectivity index (χ3v) is 0. The molecule has 0 saturated heterocycles. The van der Waals surface area contributed by atoms with Gasteiger partial charge in [-0.15, -0.1) is 0 Å².